The van der Waals surface area contributed by atoms with Gasteiger partial charge in [0.15, 0.2) is 0 Å². The Balaban J connectivity index is 2.63. The highest BCUT2D eigenvalue weighted by Crippen LogP contribution is 2.16. The maximum Gasteiger partial charge on any atom is 0.307 e. The summed E-state index contributed by atoms with van der Waals surface area (Å²) in [5.41, 5.74) is 0.452. The van der Waals surface area contributed by atoms with Gasteiger partial charge in [0, 0.05) is 12.1 Å². The zero-order valence-electron chi connectivity index (χ0n) is 11.1. The number of carboxylic acids is 1. The molecular weight excluding hydrogens is 249 g/mol. The second-order valence-electron chi connectivity index (χ2n) is 4.86. The van der Waals surface area contributed by atoms with E-state index < -0.39 is 11.8 Å². The van der Waals surface area contributed by atoms with Crippen LogP contribution in [0.4, 0.5) is 10.1 Å². The van der Waals surface area contributed by atoms with Crippen molar-refractivity contribution in [3.05, 3.63) is 29.6 Å². The number of halogens is 1. The van der Waals surface area contributed by atoms with Crippen molar-refractivity contribution in [3.63, 3.8) is 0 Å². The first kappa shape index (κ1) is 15.1. The zero-order chi connectivity index (χ0) is 14.4. The third-order valence-corrected chi connectivity index (χ3v) is 2.63. The van der Waals surface area contributed by atoms with Gasteiger partial charge in [-0.3, -0.25) is 9.59 Å². The number of aliphatic carboxylic acids is 1. The molecule has 1 aromatic rings. The molecule has 1 aromatic carbocycles. The fourth-order valence-corrected chi connectivity index (χ4v) is 1.57. The van der Waals surface area contributed by atoms with Gasteiger partial charge in [-0.15, -0.1) is 0 Å². The molecule has 0 unspecified atom stereocenters. The SMILES string of the molecule is CC(C)CCC(=O)Nc1ccc(CC(=O)O)c(F)c1. The van der Waals surface area contributed by atoms with Crippen molar-refractivity contribution in [1.29, 1.82) is 0 Å². The second kappa shape index (κ2) is 6.87. The van der Waals surface area contributed by atoms with Crippen LogP contribution in [-0.2, 0) is 16.0 Å². The van der Waals surface area contributed by atoms with E-state index in [2.05, 4.69) is 5.32 Å². The van der Waals surface area contributed by atoms with Gasteiger partial charge in [0.05, 0.1) is 6.42 Å². The maximum atomic E-state index is 13.6. The Labute approximate surface area is 111 Å². The molecule has 4 nitrogen and oxygen atoms in total. The van der Waals surface area contributed by atoms with E-state index in [0.717, 1.165) is 12.5 Å². The number of anilines is 1. The first-order valence-electron chi connectivity index (χ1n) is 6.18. The summed E-state index contributed by atoms with van der Waals surface area (Å²) in [6, 6.07) is 4.03. The number of carboxylic acid groups (broad SMARTS) is 1. The van der Waals surface area contributed by atoms with E-state index >= 15 is 0 Å². The molecule has 0 spiro atoms. The van der Waals surface area contributed by atoms with Crippen LogP contribution >= 0.6 is 0 Å². The predicted molar refractivity (Wildman–Crippen MR) is 70.4 cm³/mol. The van der Waals surface area contributed by atoms with Crippen molar-refractivity contribution in [1.82, 2.24) is 0 Å². The van der Waals surface area contributed by atoms with E-state index in [1.807, 2.05) is 13.8 Å². The number of benzene rings is 1. The summed E-state index contributed by atoms with van der Waals surface area (Å²) in [5.74, 6) is -1.45. The van der Waals surface area contributed by atoms with Crippen LogP contribution < -0.4 is 5.32 Å². The maximum absolute atomic E-state index is 13.6. The topological polar surface area (TPSA) is 66.4 Å². The summed E-state index contributed by atoms with van der Waals surface area (Å²) in [6.07, 6.45) is 0.787. The van der Waals surface area contributed by atoms with Gasteiger partial charge in [0.25, 0.3) is 0 Å². The number of rotatable bonds is 6. The van der Waals surface area contributed by atoms with Gasteiger partial charge >= 0.3 is 5.97 Å². The number of amides is 1. The molecule has 0 aliphatic heterocycles. The lowest BCUT2D eigenvalue weighted by Crippen LogP contribution is -2.12. The molecule has 0 aliphatic rings. The lowest BCUT2D eigenvalue weighted by Gasteiger charge is -2.08. The lowest BCUT2D eigenvalue weighted by molar-refractivity contribution is -0.136. The standard InChI is InChI=1S/C14H18FNO3/c1-9(2)3-6-13(17)16-11-5-4-10(7-14(18)19)12(15)8-11/h4-5,8-9H,3,6-7H2,1-2H3,(H,16,17)(H,18,19). The second-order valence-corrected chi connectivity index (χ2v) is 4.86. The number of carbonyl (C=O) groups is 2. The van der Waals surface area contributed by atoms with Crippen LogP contribution in [0, 0.1) is 11.7 Å². The van der Waals surface area contributed by atoms with Crippen molar-refractivity contribution in [3.8, 4) is 0 Å². The minimum absolute atomic E-state index is 0.104. The summed E-state index contributed by atoms with van der Waals surface area (Å²) < 4.78 is 13.6. The quantitative estimate of drug-likeness (QED) is 0.832. The Kier molecular flexibility index (Phi) is 5.48. The summed E-state index contributed by atoms with van der Waals surface area (Å²) in [6.45, 7) is 4.04. The summed E-state index contributed by atoms with van der Waals surface area (Å²) >= 11 is 0. The molecule has 0 heterocycles. The van der Waals surface area contributed by atoms with Crippen molar-refractivity contribution in [2.75, 3.05) is 5.32 Å². The first-order valence-corrected chi connectivity index (χ1v) is 6.18. The molecule has 5 heteroatoms. The van der Waals surface area contributed by atoms with Gasteiger partial charge in [0.2, 0.25) is 5.91 Å². The highest BCUT2D eigenvalue weighted by molar-refractivity contribution is 5.90. The molecule has 0 bridgehead atoms. The van der Waals surface area contributed by atoms with Gasteiger partial charge in [-0.25, -0.2) is 4.39 Å². The van der Waals surface area contributed by atoms with Crippen LogP contribution in [0.2, 0.25) is 0 Å². The Morgan fingerprint density at radius 1 is 1.37 bits per heavy atom. The Morgan fingerprint density at radius 2 is 2.05 bits per heavy atom. The van der Waals surface area contributed by atoms with Gasteiger partial charge in [-0.05, 0) is 30.0 Å². The molecule has 0 saturated heterocycles. The number of nitrogens with one attached hydrogen (secondary N) is 1. The zero-order valence-corrected chi connectivity index (χ0v) is 11.1. The Hall–Kier alpha value is -1.91. The molecule has 0 aromatic heterocycles. The molecule has 1 amide bonds. The van der Waals surface area contributed by atoms with Crippen molar-refractivity contribution >= 4 is 17.6 Å². The minimum Gasteiger partial charge on any atom is -0.481 e. The molecule has 2 N–H and O–H groups in total. The molecule has 0 aliphatic carbocycles. The summed E-state index contributed by atoms with van der Waals surface area (Å²) in [5, 5.41) is 11.2. The highest BCUT2D eigenvalue weighted by atomic mass is 19.1. The molecule has 0 saturated carbocycles. The predicted octanol–water partition coefficient (Wildman–Crippen LogP) is 2.83. The molecule has 0 atom stereocenters. The van der Waals surface area contributed by atoms with Crippen molar-refractivity contribution in [2.45, 2.75) is 33.1 Å². The average Bonchev–Trinajstić information content (AvgIpc) is 2.29. The van der Waals surface area contributed by atoms with E-state index in [1.54, 1.807) is 0 Å². The van der Waals surface area contributed by atoms with Crippen LogP contribution in [0.1, 0.15) is 32.3 Å². The fraction of sp³-hybridized carbons (Fsp3) is 0.429. The third kappa shape index (κ3) is 5.50. The van der Waals surface area contributed by atoms with Crippen LogP contribution in [0.3, 0.4) is 0 Å². The highest BCUT2D eigenvalue weighted by Gasteiger charge is 2.09. The lowest BCUT2D eigenvalue weighted by atomic mass is 10.1. The van der Waals surface area contributed by atoms with Crippen LogP contribution in [0.25, 0.3) is 0 Å². The smallest absolute Gasteiger partial charge is 0.307 e. The molecule has 0 fully saturated rings. The molecule has 104 valence electrons. The molecule has 19 heavy (non-hydrogen) atoms. The molecule has 1 rings (SSSR count). The number of hydrogen-bond donors (Lipinski definition) is 2. The van der Waals surface area contributed by atoms with Crippen molar-refractivity contribution in [2.24, 2.45) is 5.92 Å². The number of hydrogen-bond acceptors (Lipinski definition) is 2. The summed E-state index contributed by atoms with van der Waals surface area (Å²) in [7, 11) is 0. The van der Waals surface area contributed by atoms with Crippen LogP contribution in [0.15, 0.2) is 18.2 Å². The van der Waals surface area contributed by atoms with Gasteiger partial charge in [-0.2, -0.15) is 0 Å². The van der Waals surface area contributed by atoms with E-state index in [1.165, 1.54) is 12.1 Å². The van der Waals surface area contributed by atoms with Gasteiger partial charge in [-0.1, -0.05) is 19.9 Å². The number of carbonyl (C=O) groups excluding carboxylic acids is 1. The molecular formula is C14H18FNO3. The van der Waals surface area contributed by atoms with E-state index in [0.29, 0.717) is 18.0 Å². The van der Waals surface area contributed by atoms with Gasteiger partial charge in [0.1, 0.15) is 5.82 Å². The average molecular weight is 267 g/mol. The third-order valence-electron chi connectivity index (χ3n) is 2.63. The monoisotopic (exact) mass is 267 g/mol. The van der Waals surface area contributed by atoms with E-state index in [4.69, 9.17) is 5.11 Å². The van der Waals surface area contributed by atoms with Crippen LogP contribution in [-0.4, -0.2) is 17.0 Å². The van der Waals surface area contributed by atoms with Gasteiger partial charge < -0.3 is 10.4 Å². The minimum atomic E-state index is -1.09. The van der Waals surface area contributed by atoms with Crippen LogP contribution in [0.5, 0.6) is 0 Å². The fourth-order valence-electron chi connectivity index (χ4n) is 1.57. The largest absolute Gasteiger partial charge is 0.481 e. The van der Waals surface area contributed by atoms with E-state index in [-0.39, 0.29) is 17.9 Å². The molecule has 0 radical (unpaired) electrons. The Bertz CT molecular complexity index is 472. The first-order chi connectivity index (χ1) is 8.88. The Morgan fingerprint density at radius 3 is 2.58 bits per heavy atom. The van der Waals surface area contributed by atoms with E-state index in [9.17, 15) is 14.0 Å². The normalized spacial score (nSPS) is 10.5. The van der Waals surface area contributed by atoms with Crippen molar-refractivity contribution < 1.29 is 19.1 Å². The summed E-state index contributed by atoms with van der Waals surface area (Å²) in [4.78, 5) is 22.1.